The van der Waals surface area contributed by atoms with Crippen molar-refractivity contribution in [3.05, 3.63) is 0 Å². The molecule has 16 heteroatoms. The van der Waals surface area contributed by atoms with Gasteiger partial charge in [0, 0.05) is 7.11 Å². The third-order valence-electron chi connectivity index (χ3n) is 2.03. The van der Waals surface area contributed by atoms with Crippen molar-refractivity contribution in [1.82, 2.24) is 0 Å². The molecule has 0 saturated carbocycles. The van der Waals surface area contributed by atoms with Gasteiger partial charge in [-0.1, -0.05) is 13.8 Å². The van der Waals surface area contributed by atoms with E-state index < -0.39 is 31.1 Å². The summed E-state index contributed by atoms with van der Waals surface area (Å²) in [5.41, 5.74) is 0. The summed E-state index contributed by atoms with van der Waals surface area (Å²) in [5, 5.41) is 0. The summed E-state index contributed by atoms with van der Waals surface area (Å²) in [6.45, 7) is 2.48. The van der Waals surface area contributed by atoms with Crippen LogP contribution in [0.2, 0.25) is 0 Å². The van der Waals surface area contributed by atoms with Crippen LogP contribution in [0.25, 0.3) is 0 Å². The van der Waals surface area contributed by atoms with Gasteiger partial charge in [0.1, 0.15) is 0 Å². The Bertz CT molecular complexity index is 642. The second-order valence-corrected chi connectivity index (χ2v) is 11.6. The summed E-state index contributed by atoms with van der Waals surface area (Å²) >= 11 is 0. The average Bonchev–Trinajstić information content (AvgIpc) is 2.40. The molecular formula is C7H17F5N4O3P4. The van der Waals surface area contributed by atoms with Gasteiger partial charge in [0.25, 0.3) is 0 Å². The monoisotopic (exact) mass is 424 g/mol. The van der Waals surface area contributed by atoms with Gasteiger partial charge < -0.3 is 13.6 Å². The molecule has 0 aromatic rings. The van der Waals surface area contributed by atoms with Gasteiger partial charge in [-0.3, -0.25) is 0 Å². The topological polar surface area (TPSA) is 77.1 Å². The second kappa shape index (κ2) is 8.22. The summed E-state index contributed by atoms with van der Waals surface area (Å²) in [6, 6.07) is 0. The highest BCUT2D eigenvalue weighted by atomic mass is 31.3. The van der Waals surface area contributed by atoms with Crippen LogP contribution >= 0.6 is 31.1 Å². The summed E-state index contributed by atoms with van der Waals surface area (Å²) in [4.78, 5) is 0. The van der Waals surface area contributed by atoms with Crippen molar-refractivity contribution in [2.45, 2.75) is 26.7 Å². The number of halogens is 5. The molecule has 0 spiro atoms. The minimum absolute atomic E-state index is 0.249. The van der Waals surface area contributed by atoms with E-state index in [1.54, 1.807) is 13.8 Å². The van der Waals surface area contributed by atoms with E-state index in [1.807, 2.05) is 0 Å². The summed E-state index contributed by atoms with van der Waals surface area (Å²) in [5.74, 6) is 0. The molecule has 1 aliphatic heterocycles. The van der Waals surface area contributed by atoms with Crippen molar-refractivity contribution in [2.75, 3.05) is 20.3 Å². The van der Waals surface area contributed by atoms with Gasteiger partial charge in [0.15, 0.2) is 0 Å². The first-order chi connectivity index (χ1) is 10.5. The van der Waals surface area contributed by atoms with Crippen molar-refractivity contribution in [2.24, 2.45) is 18.1 Å². The molecule has 0 radical (unpaired) electrons. The van der Waals surface area contributed by atoms with Gasteiger partial charge in [-0.15, -0.1) is 26.5 Å². The van der Waals surface area contributed by atoms with E-state index in [-0.39, 0.29) is 26.1 Å². The fourth-order valence-corrected chi connectivity index (χ4v) is 9.60. The number of rotatable bonds is 7. The van der Waals surface area contributed by atoms with E-state index in [0.29, 0.717) is 0 Å². The van der Waals surface area contributed by atoms with Crippen LogP contribution in [-0.4, -0.2) is 20.3 Å². The molecule has 0 saturated heterocycles. The van der Waals surface area contributed by atoms with Crippen molar-refractivity contribution in [1.29, 1.82) is 0 Å². The van der Waals surface area contributed by atoms with Crippen molar-refractivity contribution >= 4 is 31.1 Å². The fraction of sp³-hybridized carbons (Fsp3) is 1.00. The Morgan fingerprint density at radius 2 is 1.13 bits per heavy atom. The first-order valence-electron chi connectivity index (χ1n) is 6.39. The Labute approximate surface area is 131 Å². The maximum atomic E-state index is 14.5. The molecule has 138 valence electrons. The first-order valence-corrected chi connectivity index (χ1v) is 12.4. The minimum Gasteiger partial charge on any atom is -0.306 e. The molecular weight excluding hydrogens is 407 g/mol. The quantitative estimate of drug-likeness (QED) is 0.306. The molecule has 0 aromatic heterocycles. The van der Waals surface area contributed by atoms with Crippen molar-refractivity contribution in [3.8, 4) is 0 Å². The molecule has 1 rings (SSSR count). The zero-order valence-corrected chi connectivity index (χ0v) is 16.1. The van der Waals surface area contributed by atoms with Crippen LogP contribution in [0.5, 0.6) is 0 Å². The summed E-state index contributed by atoms with van der Waals surface area (Å²) < 4.78 is 94.9. The molecule has 0 N–H and O–H groups in total. The van der Waals surface area contributed by atoms with Gasteiger partial charge >= 0.3 is 31.1 Å². The van der Waals surface area contributed by atoms with E-state index >= 15 is 0 Å². The lowest BCUT2D eigenvalue weighted by Gasteiger charge is -2.20. The molecule has 0 bridgehead atoms. The normalized spacial score (nSPS) is 36.7. The van der Waals surface area contributed by atoms with Crippen LogP contribution in [0.15, 0.2) is 18.1 Å². The largest absolute Gasteiger partial charge is 0.425 e. The van der Waals surface area contributed by atoms with E-state index in [0.717, 1.165) is 7.11 Å². The minimum atomic E-state index is -5.84. The Balaban J connectivity index is 3.57. The molecule has 0 fully saturated rings. The van der Waals surface area contributed by atoms with Crippen LogP contribution in [0.4, 0.5) is 21.0 Å². The molecule has 3 atom stereocenters. The second-order valence-electron chi connectivity index (χ2n) is 4.08. The summed E-state index contributed by atoms with van der Waals surface area (Å²) in [6.07, 6.45) is 0.499. The van der Waals surface area contributed by atoms with Crippen molar-refractivity contribution in [3.63, 3.8) is 0 Å². The molecule has 0 amide bonds. The molecule has 1 aliphatic rings. The van der Waals surface area contributed by atoms with Crippen LogP contribution in [-0.2, 0) is 13.6 Å². The van der Waals surface area contributed by atoms with Crippen LogP contribution in [0.1, 0.15) is 26.7 Å². The van der Waals surface area contributed by atoms with E-state index in [4.69, 9.17) is 0 Å². The smallest absolute Gasteiger partial charge is 0.306 e. The van der Waals surface area contributed by atoms with Gasteiger partial charge in [-0.25, -0.2) is 0 Å². The van der Waals surface area contributed by atoms with Crippen LogP contribution in [0, 0.1) is 0 Å². The van der Waals surface area contributed by atoms with E-state index in [2.05, 4.69) is 31.6 Å². The number of hydrogen-bond donors (Lipinski definition) is 0. The zero-order chi connectivity index (χ0) is 17.8. The molecule has 1 heterocycles. The molecule has 7 nitrogen and oxygen atoms in total. The number of nitrogens with zero attached hydrogens (tertiary/aromatic N) is 4. The van der Waals surface area contributed by atoms with Gasteiger partial charge in [0.05, 0.1) is 13.2 Å². The lowest BCUT2D eigenvalue weighted by molar-refractivity contribution is 0.321. The molecule has 23 heavy (non-hydrogen) atoms. The molecule has 0 aromatic carbocycles. The Morgan fingerprint density at radius 3 is 1.57 bits per heavy atom. The van der Waals surface area contributed by atoms with Crippen LogP contribution < -0.4 is 0 Å². The maximum absolute atomic E-state index is 14.5. The Hall–Kier alpha value is 0.450. The third-order valence-corrected chi connectivity index (χ3v) is 10.5. The van der Waals surface area contributed by atoms with Gasteiger partial charge in [0.2, 0.25) is 0 Å². The van der Waals surface area contributed by atoms with Gasteiger partial charge in [-0.2, -0.15) is 12.6 Å². The Kier molecular flexibility index (Phi) is 7.68. The predicted octanol–water partition coefficient (Wildman–Crippen LogP) is 8.13. The standard InChI is InChI=1S/C7H17F5N4O3P4/c1-4-6-18-22(11)13-20(8,9)14-23(12,19-7-5-2)16-21(10,15-22)17-3/h4-7H2,1-3H3. The highest BCUT2D eigenvalue weighted by Gasteiger charge is 2.40. The highest BCUT2D eigenvalue weighted by molar-refractivity contribution is 7.78. The first kappa shape index (κ1) is 21.5. The maximum Gasteiger partial charge on any atom is 0.425 e. The SMILES string of the molecule is CCCOP1(F)=NP(F)(F)=NP(F)(OCCC)=NP(F)(OC)=N1. The lowest BCUT2D eigenvalue weighted by Crippen LogP contribution is -1.90. The van der Waals surface area contributed by atoms with Crippen molar-refractivity contribution < 1.29 is 34.6 Å². The molecule has 0 aliphatic carbocycles. The zero-order valence-electron chi connectivity index (χ0n) is 12.5. The highest BCUT2D eigenvalue weighted by Crippen LogP contribution is 2.81. The lowest BCUT2D eigenvalue weighted by atomic mass is 10.5. The fourth-order valence-electron chi connectivity index (χ4n) is 1.20. The van der Waals surface area contributed by atoms with Crippen LogP contribution in [0.3, 0.4) is 0 Å². The predicted molar refractivity (Wildman–Crippen MR) is 82.4 cm³/mol. The van der Waals surface area contributed by atoms with E-state index in [9.17, 15) is 21.0 Å². The summed E-state index contributed by atoms with van der Waals surface area (Å²) in [7, 11) is -20.2. The van der Waals surface area contributed by atoms with E-state index in [1.165, 1.54) is 0 Å². The number of hydrogen-bond acceptors (Lipinski definition) is 7. The van der Waals surface area contributed by atoms with Gasteiger partial charge in [-0.05, 0) is 12.8 Å². The third kappa shape index (κ3) is 6.69. The average molecular weight is 424 g/mol. The Morgan fingerprint density at radius 1 is 0.696 bits per heavy atom. The molecule has 3 unspecified atom stereocenters.